The lowest BCUT2D eigenvalue weighted by Gasteiger charge is -2.45. The second-order valence-corrected chi connectivity index (χ2v) is 5.69. The Morgan fingerprint density at radius 3 is 2.76 bits per heavy atom. The van der Waals surface area contributed by atoms with Crippen molar-refractivity contribution >= 4 is 0 Å². The third-order valence-electron chi connectivity index (χ3n) is 4.59. The lowest BCUT2D eigenvalue weighted by molar-refractivity contribution is 0.0426. The fourth-order valence-electron chi connectivity index (χ4n) is 3.67. The Morgan fingerprint density at radius 2 is 2.00 bits per heavy atom. The number of rotatable bonds is 5. The van der Waals surface area contributed by atoms with Crippen LogP contribution in [-0.4, -0.2) is 50.8 Å². The second kappa shape index (κ2) is 6.72. The minimum atomic E-state index is 0.487. The predicted octanol–water partition coefficient (Wildman–Crippen LogP) is 1.88. The third-order valence-corrected chi connectivity index (χ3v) is 4.59. The Balaban J connectivity index is 1.89. The number of methoxy groups -OCH3 is 1. The lowest BCUT2D eigenvalue weighted by Crippen LogP contribution is -2.52. The largest absolute Gasteiger partial charge is 0.383 e. The summed E-state index contributed by atoms with van der Waals surface area (Å²) in [7, 11) is 3.84. The number of hydrogen-bond donors (Lipinski definition) is 1. The number of likely N-dealkylation sites (N-methyl/N-ethyl adjacent to an activating group) is 1. The summed E-state index contributed by atoms with van der Waals surface area (Å²) in [5.41, 5.74) is 0. The van der Waals surface area contributed by atoms with Gasteiger partial charge in [0.15, 0.2) is 0 Å². The number of fused-ring (bicyclic) bond motifs is 1. The minimum Gasteiger partial charge on any atom is -0.383 e. The monoisotopic (exact) mass is 240 g/mol. The maximum Gasteiger partial charge on any atom is 0.0628 e. The van der Waals surface area contributed by atoms with Crippen LogP contribution in [0.4, 0.5) is 0 Å². The molecule has 1 aliphatic heterocycles. The molecule has 3 nitrogen and oxygen atoms in total. The molecule has 1 heterocycles. The summed E-state index contributed by atoms with van der Waals surface area (Å²) in [6, 6.07) is 1.35. The van der Waals surface area contributed by atoms with E-state index in [-0.39, 0.29) is 0 Å². The van der Waals surface area contributed by atoms with E-state index in [1.165, 1.54) is 45.1 Å². The average Bonchev–Trinajstić information content (AvgIpc) is 2.38. The Labute approximate surface area is 106 Å². The van der Waals surface area contributed by atoms with Crippen LogP contribution >= 0.6 is 0 Å². The zero-order chi connectivity index (χ0) is 12.1. The van der Waals surface area contributed by atoms with Crippen molar-refractivity contribution < 1.29 is 4.74 Å². The first-order valence-electron chi connectivity index (χ1n) is 7.25. The molecule has 17 heavy (non-hydrogen) atoms. The van der Waals surface area contributed by atoms with Gasteiger partial charge in [-0.1, -0.05) is 12.8 Å². The molecule has 1 aliphatic carbocycles. The van der Waals surface area contributed by atoms with Gasteiger partial charge >= 0.3 is 0 Å². The van der Waals surface area contributed by atoms with Crippen molar-refractivity contribution in [3.05, 3.63) is 0 Å². The molecule has 1 saturated carbocycles. The summed E-state index contributed by atoms with van der Waals surface area (Å²) in [4.78, 5) is 2.73. The van der Waals surface area contributed by atoms with Crippen LogP contribution in [0.2, 0.25) is 0 Å². The second-order valence-electron chi connectivity index (χ2n) is 5.69. The molecule has 3 atom stereocenters. The SMILES string of the molecule is CNC(COC)CN1CCC[C@H]2CCCC[C@H]21. The maximum atomic E-state index is 5.28. The standard InChI is InChI=1S/C14H28N2O/c1-15-13(11-17-2)10-16-9-5-7-12-6-3-4-8-14(12)16/h12-15H,3-11H2,1-2H3/t12-,13?,14-/m1/s1. The predicted molar refractivity (Wildman–Crippen MR) is 71.3 cm³/mol. The van der Waals surface area contributed by atoms with Crippen LogP contribution < -0.4 is 5.32 Å². The number of nitrogens with zero attached hydrogens (tertiary/aromatic N) is 1. The lowest BCUT2D eigenvalue weighted by atomic mass is 9.78. The molecule has 0 aromatic heterocycles. The minimum absolute atomic E-state index is 0.487. The summed E-state index contributed by atoms with van der Waals surface area (Å²) in [6.45, 7) is 3.28. The Bertz CT molecular complexity index is 220. The highest BCUT2D eigenvalue weighted by Crippen LogP contribution is 2.35. The van der Waals surface area contributed by atoms with E-state index in [9.17, 15) is 0 Å². The van der Waals surface area contributed by atoms with Crippen molar-refractivity contribution in [2.24, 2.45) is 5.92 Å². The van der Waals surface area contributed by atoms with Gasteiger partial charge in [-0.25, -0.2) is 0 Å². The molecule has 0 spiro atoms. The van der Waals surface area contributed by atoms with Gasteiger partial charge in [-0.2, -0.15) is 0 Å². The van der Waals surface area contributed by atoms with Crippen molar-refractivity contribution in [1.29, 1.82) is 0 Å². The van der Waals surface area contributed by atoms with Gasteiger partial charge in [-0.05, 0) is 45.2 Å². The van der Waals surface area contributed by atoms with E-state index < -0.39 is 0 Å². The van der Waals surface area contributed by atoms with E-state index in [2.05, 4.69) is 10.2 Å². The number of likely N-dealkylation sites (tertiary alicyclic amines) is 1. The zero-order valence-electron chi connectivity index (χ0n) is 11.5. The molecule has 100 valence electrons. The molecule has 2 aliphatic rings. The van der Waals surface area contributed by atoms with Crippen LogP contribution in [0.1, 0.15) is 38.5 Å². The first-order chi connectivity index (χ1) is 8.35. The fraction of sp³-hybridized carbons (Fsp3) is 1.00. The van der Waals surface area contributed by atoms with Crippen LogP contribution in [-0.2, 0) is 4.74 Å². The van der Waals surface area contributed by atoms with Crippen LogP contribution in [0.25, 0.3) is 0 Å². The highest BCUT2D eigenvalue weighted by atomic mass is 16.5. The molecule has 1 unspecified atom stereocenters. The van der Waals surface area contributed by atoms with Gasteiger partial charge in [0.1, 0.15) is 0 Å². The summed E-state index contributed by atoms with van der Waals surface area (Å²) in [6.07, 6.45) is 8.65. The van der Waals surface area contributed by atoms with Crippen molar-refractivity contribution in [3.8, 4) is 0 Å². The van der Waals surface area contributed by atoms with E-state index in [1.807, 2.05) is 7.05 Å². The fourth-order valence-corrected chi connectivity index (χ4v) is 3.67. The first-order valence-corrected chi connectivity index (χ1v) is 7.25. The van der Waals surface area contributed by atoms with Gasteiger partial charge in [0.25, 0.3) is 0 Å². The van der Waals surface area contributed by atoms with E-state index in [0.717, 1.165) is 25.1 Å². The van der Waals surface area contributed by atoms with Crippen molar-refractivity contribution in [1.82, 2.24) is 10.2 Å². The molecule has 0 aromatic carbocycles. The molecule has 0 aromatic rings. The van der Waals surface area contributed by atoms with Crippen molar-refractivity contribution in [2.75, 3.05) is 33.9 Å². The van der Waals surface area contributed by atoms with E-state index >= 15 is 0 Å². The molecular formula is C14H28N2O. The number of ether oxygens (including phenoxy) is 1. The van der Waals surface area contributed by atoms with Crippen LogP contribution in [0.5, 0.6) is 0 Å². The maximum absolute atomic E-state index is 5.28. The number of piperidine rings is 1. The van der Waals surface area contributed by atoms with E-state index in [1.54, 1.807) is 7.11 Å². The molecule has 1 saturated heterocycles. The van der Waals surface area contributed by atoms with Crippen LogP contribution in [0.3, 0.4) is 0 Å². The average molecular weight is 240 g/mol. The van der Waals surface area contributed by atoms with Gasteiger partial charge in [-0.3, -0.25) is 4.90 Å². The molecule has 0 radical (unpaired) electrons. The molecular weight excluding hydrogens is 212 g/mol. The molecule has 0 amide bonds. The zero-order valence-corrected chi connectivity index (χ0v) is 11.5. The molecule has 3 heteroatoms. The van der Waals surface area contributed by atoms with Crippen molar-refractivity contribution in [2.45, 2.75) is 50.6 Å². The van der Waals surface area contributed by atoms with Gasteiger partial charge in [0.05, 0.1) is 6.61 Å². The molecule has 1 N–H and O–H groups in total. The summed E-state index contributed by atoms with van der Waals surface area (Å²) >= 11 is 0. The number of nitrogens with one attached hydrogen (secondary N) is 1. The Morgan fingerprint density at radius 1 is 1.24 bits per heavy atom. The summed E-state index contributed by atoms with van der Waals surface area (Å²) < 4.78 is 5.28. The quantitative estimate of drug-likeness (QED) is 0.794. The Kier molecular flexibility index (Phi) is 5.26. The van der Waals surface area contributed by atoms with E-state index in [0.29, 0.717) is 6.04 Å². The molecule has 2 fully saturated rings. The van der Waals surface area contributed by atoms with E-state index in [4.69, 9.17) is 4.74 Å². The van der Waals surface area contributed by atoms with Crippen LogP contribution in [0, 0.1) is 5.92 Å². The Hall–Kier alpha value is -0.120. The highest BCUT2D eigenvalue weighted by Gasteiger charge is 2.33. The van der Waals surface area contributed by atoms with Gasteiger partial charge in [0.2, 0.25) is 0 Å². The number of hydrogen-bond acceptors (Lipinski definition) is 3. The van der Waals surface area contributed by atoms with Gasteiger partial charge in [-0.15, -0.1) is 0 Å². The third kappa shape index (κ3) is 3.43. The van der Waals surface area contributed by atoms with Gasteiger partial charge in [0, 0.05) is 25.7 Å². The summed E-state index contributed by atoms with van der Waals surface area (Å²) in [5.74, 6) is 0.984. The first kappa shape index (κ1) is 13.3. The normalized spacial score (nSPS) is 32.1. The van der Waals surface area contributed by atoms with Gasteiger partial charge < -0.3 is 10.1 Å². The topological polar surface area (TPSA) is 24.5 Å². The van der Waals surface area contributed by atoms with Crippen molar-refractivity contribution in [3.63, 3.8) is 0 Å². The highest BCUT2D eigenvalue weighted by molar-refractivity contribution is 4.88. The molecule has 2 rings (SSSR count). The van der Waals surface area contributed by atoms with Crippen LogP contribution in [0.15, 0.2) is 0 Å². The smallest absolute Gasteiger partial charge is 0.0628 e. The molecule has 0 bridgehead atoms. The summed E-state index contributed by atoms with van der Waals surface area (Å²) in [5, 5.41) is 3.38.